The minimum Gasteiger partial charge on any atom is -0.481 e. The fourth-order valence-electron chi connectivity index (χ4n) is 2.06. The number of hydrogen-bond donors (Lipinski definition) is 1. The number of carboxylic acids is 1. The second-order valence-electron chi connectivity index (χ2n) is 4.09. The van der Waals surface area contributed by atoms with E-state index in [9.17, 15) is 4.79 Å². The second-order valence-corrected chi connectivity index (χ2v) is 4.09. The summed E-state index contributed by atoms with van der Waals surface area (Å²) in [5, 5.41) is 8.41. The summed E-state index contributed by atoms with van der Waals surface area (Å²) in [6.07, 6.45) is 11.5. The summed E-state index contributed by atoms with van der Waals surface area (Å²) in [5.41, 5.74) is 0. The molecule has 0 saturated heterocycles. The molecule has 3 heteroatoms. The summed E-state index contributed by atoms with van der Waals surface area (Å²) in [4.78, 5) is 10.2. The maximum atomic E-state index is 10.2. The molecule has 0 amide bonds. The van der Waals surface area contributed by atoms with E-state index in [1.54, 1.807) is 0 Å². The first kappa shape index (κ1) is 14.0. The first-order valence-corrected chi connectivity index (χ1v) is 5.53. The predicted molar refractivity (Wildman–Crippen MR) is 52.7 cm³/mol. The van der Waals surface area contributed by atoms with E-state index in [-0.39, 0.29) is 22.7 Å². The van der Waals surface area contributed by atoms with E-state index in [1.807, 2.05) is 0 Å². The van der Waals surface area contributed by atoms with Crippen molar-refractivity contribution in [3.8, 4) is 0 Å². The molecular formula is C11H20CoO2. The van der Waals surface area contributed by atoms with Crippen molar-refractivity contribution < 1.29 is 26.7 Å². The molecule has 2 aliphatic carbocycles. The van der Waals surface area contributed by atoms with E-state index in [0.29, 0.717) is 0 Å². The Morgan fingerprint density at radius 1 is 0.857 bits per heavy atom. The quantitative estimate of drug-likeness (QED) is 0.767. The second kappa shape index (κ2) is 8.30. The van der Waals surface area contributed by atoms with Crippen LogP contribution < -0.4 is 0 Å². The summed E-state index contributed by atoms with van der Waals surface area (Å²) in [5.74, 6) is -0.627. The van der Waals surface area contributed by atoms with Crippen molar-refractivity contribution >= 4 is 5.97 Å². The molecule has 2 nitrogen and oxygen atoms in total. The van der Waals surface area contributed by atoms with Crippen molar-refractivity contribution in [1.29, 1.82) is 0 Å². The molecule has 2 fully saturated rings. The fourth-order valence-corrected chi connectivity index (χ4v) is 2.06. The number of carboxylic acid groups (broad SMARTS) is 1. The summed E-state index contributed by atoms with van der Waals surface area (Å²) in [7, 11) is 0. The van der Waals surface area contributed by atoms with Gasteiger partial charge in [-0.15, -0.1) is 0 Å². The third kappa shape index (κ3) is 5.65. The van der Waals surface area contributed by atoms with E-state index in [2.05, 4.69) is 0 Å². The Balaban J connectivity index is 0.000000246. The van der Waals surface area contributed by atoms with Crippen LogP contribution in [0.2, 0.25) is 0 Å². The molecule has 0 aromatic heterocycles. The third-order valence-electron chi connectivity index (χ3n) is 2.95. The third-order valence-corrected chi connectivity index (χ3v) is 2.95. The molecule has 0 unspecified atom stereocenters. The Morgan fingerprint density at radius 3 is 1.43 bits per heavy atom. The van der Waals surface area contributed by atoms with Gasteiger partial charge < -0.3 is 5.11 Å². The van der Waals surface area contributed by atoms with Gasteiger partial charge in [-0.3, -0.25) is 4.79 Å². The molecule has 0 atom stereocenters. The van der Waals surface area contributed by atoms with Gasteiger partial charge in [0.05, 0.1) is 5.92 Å². The Bertz CT molecular complexity index is 142. The van der Waals surface area contributed by atoms with E-state index in [0.717, 1.165) is 25.7 Å². The minimum absolute atomic E-state index is 0. The van der Waals surface area contributed by atoms with Crippen LogP contribution in [-0.4, -0.2) is 11.1 Å². The van der Waals surface area contributed by atoms with Crippen LogP contribution in [0, 0.1) is 5.92 Å². The van der Waals surface area contributed by atoms with Gasteiger partial charge in [0.1, 0.15) is 0 Å². The molecule has 2 saturated carbocycles. The molecule has 1 radical (unpaired) electrons. The van der Waals surface area contributed by atoms with E-state index < -0.39 is 5.97 Å². The maximum absolute atomic E-state index is 10.2. The van der Waals surface area contributed by atoms with Gasteiger partial charge in [-0.25, -0.2) is 0 Å². The monoisotopic (exact) mass is 243 g/mol. The number of rotatable bonds is 1. The normalized spacial score (nSPS) is 20.9. The molecule has 0 heterocycles. The van der Waals surface area contributed by atoms with Gasteiger partial charge >= 0.3 is 5.97 Å². The minimum atomic E-state index is -0.609. The molecule has 2 aliphatic rings. The Kier molecular flexibility index (Phi) is 8.28. The van der Waals surface area contributed by atoms with Crippen molar-refractivity contribution in [2.24, 2.45) is 5.92 Å². The summed E-state index contributed by atoms with van der Waals surface area (Å²) >= 11 is 0. The molecule has 0 aliphatic heterocycles. The molecular weight excluding hydrogens is 223 g/mol. The van der Waals surface area contributed by atoms with Crippen LogP contribution in [0.15, 0.2) is 0 Å². The van der Waals surface area contributed by atoms with Crippen molar-refractivity contribution in [1.82, 2.24) is 0 Å². The average Bonchev–Trinajstić information content (AvgIpc) is 2.82. The van der Waals surface area contributed by atoms with Gasteiger partial charge in [-0.1, -0.05) is 44.9 Å². The average molecular weight is 243 g/mol. The SMILES string of the molecule is C1CCCC1.O=C(O)C1CCCC1.[Co]. The Labute approximate surface area is 96.7 Å². The van der Waals surface area contributed by atoms with E-state index >= 15 is 0 Å². The predicted octanol–water partition coefficient (Wildman–Crippen LogP) is 3.21. The first-order chi connectivity index (χ1) is 6.30. The van der Waals surface area contributed by atoms with Crippen LogP contribution in [-0.2, 0) is 21.6 Å². The number of hydrogen-bond acceptors (Lipinski definition) is 1. The van der Waals surface area contributed by atoms with Crippen LogP contribution in [0.4, 0.5) is 0 Å². The molecule has 2 rings (SSSR count). The summed E-state index contributed by atoms with van der Waals surface area (Å²) < 4.78 is 0. The van der Waals surface area contributed by atoms with Gasteiger partial charge in [0.25, 0.3) is 0 Å². The van der Waals surface area contributed by atoms with Gasteiger partial charge in [-0.2, -0.15) is 0 Å². The molecule has 0 bridgehead atoms. The van der Waals surface area contributed by atoms with Crippen molar-refractivity contribution in [2.45, 2.75) is 57.8 Å². The van der Waals surface area contributed by atoms with Gasteiger partial charge in [0.15, 0.2) is 0 Å². The van der Waals surface area contributed by atoms with Crippen LogP contribution in [0.25, 0.3) is 0 Å². The molecule has 0 spiro atoms. The van der Waals surface area contributed by atoms with Crippen LogP contribution in [0.5, 0.6) is 0 Å². The van der Waals surface area contributed by atoms with Crippen molar-refractivity contribution in [3.05, 3.63) is 0 Å². The molecule has 0 aromatic rings. The zero-order valence-corrected chi connectivity index (χ0v) is 9.67. The molecule has 0 aromatic carbocycles. The Morgan fingerprint density at radius 2 is 1.21 bits per heavy atom. The molecule has 14 heavy (non-hydrogen) atoms. The molecule has 85 valence electrons. The molecule has 1 N–H and O–H groups in total. The van der Waals surface area contributed by atoms with E-state index in [4.69, 9.17) is 5.11 Å². The maximum Gasteiger partial charge on any atom is 0.306 e. The topological polar surface area (TPSA) is 37.3 Å². The van der Waals surface area contributed by atoms with Gasteiger partial charge in [-0.05, 0) is 12.8 Å². The van der Waals surface area contributed by atoms with Crippen LogP contribution >= 0.6 is 0 Å². The van der Waals surface area contributed by atoms with Crippen molar-refractivity contribution in [3.63, 3.8) is 0 Å². The fraction of sp³-hybridized carbons (Fsp3) is 0.909. The van der Waals surface area contributed by atoms with Gasteiger partial charge in [0, 0.05) is 16.8 Å². The standard InChI is InChI=1S/C6H10O2.C5H10.Co/c7-6(8)5-3-1-2-4-5;1-2-4-5-3-1;/h5H,1-4H2,(H,7,8);1-5H2;. The number of carbonyl (C=O) groups is 1. The summed E-state index contributed by atoms with van der Waals surface area (Å²) in [6, 6.07) is 0. The van der Waals surface area contributed by atoms with Crippen LogP contribution in [0.1, 0.15) is 57.8 Å². The van der Waals surface area contributed by atoms with E-state index in [1.165, 1.54) is 32.1 Å². The van der Waals surface area contributed by atoms with Gasteiger partial charge in [0.2, 0.25) is 0 Å². The van der Waals surface area contributed by atoms with Crippen LogP contribution in [0.3, 0.4) is 0 Å². The summed E-state index contributed by atoms with van der Waals surface area (Å²) in [6.45, 7) is 0. The smallest absolute Gasteiger partial charge is 0.306 e. The first-order valence-electron chi connectivity index (χ1n) is 5.53. The zero-order chi connectivity index (χ0) is 9.52. The zero-order valence-electron chi connectivity index (χ0n) is 8.63. The van der Waals surface area contributed by atoms with Crippen molar-refractivity contribution in [2.75, 3.05) is 0 Å². The largest absolute Gasteiger partial charge is 0.481 e. The number of aliphatic carboxylic acids is 1. The Hall–Kier alpha value is -0.0235.